The highest BCUT2D eigenvalue weighted by molar-refractivity contribution is 5.83. The van der Waals surface area contributed by atoms with Crippen molar-refractivity contribution in [2.75, 3.05) is 13.9 Å². The van der Waals surface area contributed by atoms with Crippen LogP contribution < -0.4 is 4.74 Å². The van der Waals surface area contributed by atoms with Gasteiger partial charge < -0.3 is 9.47 Å². The zero-order valence-corrected chi connectivity index (χ0v) is 7.99. The van der Waals surface area contributed by atoms with Gasteiger partial charge in [-0.15, -0.1) is 0 Å². The Bertz CT molecular complexity index is 423. The van der Waals surface area contributed by atoms with Gasteiger partial charge >= 0.3 is 0 Å². The molecular formula is C12H11O2. The number of benzene rings is 2. The molecule has 2 heteroatoms. The van der Waals surface area contributed by atoms with E-state index in [0.29, 0.717) is 0 Å². The highest BCUT2D eigenvalue weighted by Crippen LogP contribution is 2.20. The Labute approximate surface area is 83.1 Å². The topological polar surface area (TPSA) is 18.5 Å². The van der Waals surface area contributed by atoms with Crippen LogP contribution in [0.2, 0.25) is 0 Å². The average Bonchev–Trinajstić information content (AvgIpc) is 2.26. The number of methoxy groups -OCH3 is 1. The van der Waals surface area contributed by atoms with E-state index in [9.17, 15) is 0 Å². The van der Waals surface area contributed by atoms with Crippen molar-refractivity contribution in [3.8, 4) is 5.75 Å². The molecule has 0 bridgehead atoms. The normalized spacial score (nSPS) is 10.4. The highest BCUT2D eigenvalue weighted by atomic mass is 16.7. The third kappa shape index (κ3) is 1.86. The van der Waals surface area contributed by atoms with E-state index >= 15 is 0 Å². The van der Waals surface area contributed by atoms with E-state index in [0.717, 1.165) is 16.5 Å². The minimum atomic E-state index is 0.282. The standard InChI is InChI=1S/C12H11O2/c1-13-9-14-12-7-6-10-4-2-3-5-11(10)8-12/h3-8H,9H2,1H3. The first-order chi connectivity index (χ1) is 6.90. The molecule has 0 aliphatic heterocycles. The van der Waals surface area contributed by atoms with Crippen molar-refractivity contribution in [1.82, 2.24) is 0 Å². The summed E-state index contributed by atoms with van der Waals surface area (Å²) in [5.74, 6) is 0.825. The summed E-state index contributed by atoms with van der Waals surface area (Å²) >= 11 is 0. The summed E-state index contributed by atoms with van der Waals surface area (Å²) in [6.07, 6.45) is 0. The van der Waals surface area contributed by atoms with Gasteiger partial charge in [-0.2, -0.15) is 0 Å². The molecule has 2 nitrogen and oxygen atoms in total. The van der Waals surface area contributed by atoms with Crippen molar-refractivity contribution in [2.24, 2.45) is 0 Å². The van der Waals surface area contributed by atoms with Gasteiger partial charge in [0.05, 0.1) is 0 Å². The third-order valence-electron chi connectivity index (χ3n) is 2.00. The first kappa shape index (κ1) is 9.03. The SMILES string of the molecule is COCOc1ccc2c[c]ccc2c1. The van der Waals surface area contributed by atoms with E-state index in [4.69, 9.17) is 9.47 Å². The van der Waals surface area contributed by atoms with Crippen LogP contribution in [0.15, 0.2) is 36.4 Å². The minimum Gasteiger partial charge on any atom is -0.468 e. The van der Waals surface area contributed by atoms with Crippen LogP contribution in [0.25, 0.3) is 10.8 Å². The van der Waals surface area contributed by atoms with Crippen molar-refractivity contribution < 1.29 is 9.47 Å². The second-order valence-corrected chi connectivity index (χ2v) is 2.99. The summed E-state index contributed by atoms with van der Waals surface area (Å²) in [4.78, 5) is 0. The lowest BCUT2D eigenvalue weighted by Gasteiger charge is -2.05. The molecule has 0 fully saturated rings. The van der Waals surface area contributed by atoms with E-state index in [1.807, 2.05) is 36.4 Å². The molecule has 0 N–H and O–H groups in total. The molecule has 14 heavy (non-hydrogen) atoms. The Kier molecular flexibility index (Phi) is 2.65. The molecule has 0 aromatic heterocycles. The molecule has 1 radical (unpaired) electrons. The molecule has 2 aromatic carbocycles. The molecule has 71 valence electrons. The fourth-order valence-corrected chi connectivity index (χ4v) is 1.32. The molecular weight excluding hydrogens is 176 g/mol. The summed E-state index contributed by atoms with van der Waals surface area (Å²) in [6, 6.07) is 14.8. The number of hydrogen-bond donors (Lipinski definition) is 0. The Hall–Kier alpha value is -1.54. The second-order valence-electron chi connectivity index (χ2n) is 2.99. The predicted octanol–water partition coefficient (Wildman–Crippen LogP) is 2.62. The van der Waals surface area contributed by atoms with Gasteiger partial charge in [-0.05, 0) is 35.0 Å². The molecule has 0 spiro atoms. The van der Waals surface area contributed by atoms with Crippen LogP contribution in [-0.4, -0.2) is 13.9 Å². The Morgan fingerprint density at radius 3 is 3.00 bits per heavy atom. The Morgan fingerprint density at radius 2 is 2.14 bits per heavy atom. The van der Waals surface area contributed by atoms with Crippen LogP contribution in [0.4, 0.5) is 0 Å². The second kappa shape index (κ2) is 4.11. The monoisotopic (exact) mass is 187 g/mol. The fraction of sp³-hybridized carbons (Fsp3) is 0.167. The van der Waals surface area contributed by atoms with Crippen molar-refractivity contribution in [1.29, 1.82) is 0 Å². The zero-order chi connectivity index (χ0) is 9.80. The average molecular weight is 187 g/mol. The molecule has 0 aliphatic rings. The Balaban J connectivity index is 2.32. The lowest BCUT2D eigenvalue weighted by molar-refractivity contribution is 0.0512. The van der Waals surface area contributed by atoms with E-state index in [1.54, 1.807) is 7.11 Å². The van der Waals surface area contributed by atoms with E-state index in [2.05, 4.69) is 6.07 Å². The first-order valence-corrected chi connectivity index (χ1v) is 4.42. The molecule has 0 saturated carbocycles. The maximum atomic E-state index is 5.33. The van der Waals surface area contributed by atoms with Crippen LogP contribution in [0, 0.1) is 6.07 Å². The van der Waals surface area contributed by atoms with Gasteiger partial charge in [0.15, 0.2) is 6.79 Å². The summed E-state index contributed by atoms with van der Waals surface area (Å²) in [7, 11) is 1.61. The van der Waals surface area contributed by atoms with Gasteiger partial charge in [0.25, 0.3) is 0 Å². The van der Waals surface area contributed by atoms with Gasteiger partial charge in [-0.25, -0.2) is 0 Å². The maximum Gasteiger partial charge on any atom is 0.188 e. The largest absolute Gasteiger partial charge is 0.468 e. The van der Waals surface area contributed by atoms with Gasteiger partial charge in [-0.1, -0.05) is 18.2 Å². The van der Waals surface area contributed by atoms with Crippen LogP contribution in [0.5, 0.6) is 5.75 Å². The van der Waals surface area contributed by atoms with E-state index < -0.39 is 0 Å². The number of fused-ring (bicyclic) bond motifs is 1. The minimum absolute atomic E-state index is 0.282. The van der Waals surface area contributed by atoms with Crippen molar-refractivity contribution in [3.63, 3.8) is 0 Å². The van der Waals surface area contributed by atoms with E-state index in [1.165, 1.54) is 0 Å². The smallest absolute Gasteiger partial charge is 0.188 e. The number of hydrogen-bond acceptors (Lipinski definition) is 2. The lowest BCUT2D eigenvalue weighted by atomic mass is 10.1. The Morgan fingerprint density at radius 1 is 1.21 bits per heavy atom. The van der Waals surface area contributed by atoms with Gasteiger partial charge in [0.1, 0.15) is 5.75 Å². The zero-order valence-electron chi connectivity index (χ0n) is 7.99. The summed E-state index contributed by atoms with van der Waals surface area (Å²) < 4.78 is 10.2. The van der Waals surface area contributed by atoms with Crippen molar-refractivity contribution >= 4 is 10.8 Å². The van der Waals surface area contributed by atoms with Crippen LogP contribution in [0.3, 0.4) is 0 Å². The van der Waals surface area contributed by atoms with E-state index in [-0.39, 0.29) is 6.79 Å². The van der Waals surface area contributed by atoms with Crippen LogP contribution in [0.1, 0.15) is 0 Å². The third-order valence-corrected chi connectivity index (χ3v) is 2.00. The first-order valence-electron chi connectivity index (χ1n) is 4.42. The van der Waals surface area contributed by atoms with Gasteiger partial charge in [-0.3, -0.25) is 0 Å². The fourth-order valence-electron chi connectivity index (χ4n) is 1.32. The summed E-state index contributed by atoms with van der Waals surface area (Å²) in [6.45, 7) is 0.282. The summed E-state index contributed by atoms with van der Waals surface area (Å²) in [5, 5.41) is 2.31. The molecule has 0 saturated heterocycles. The molecule has 0 aliphatic carbocycles. The molecule has 0 amide bonds. The molecule has 2 rings (SSSR count). The number of rotatable bonds is 3. The van der Waals surface area contributed by atoms with Crippen LogP contribution in [-0.2, 0) is 4.74 Å². The molecule has 0 unspecified atom stereocenters. The van der Waals surface area contributed by atoms with Crippen molar-refractivity contribution in [3.05, 3.63) is 42.5 Å². The summed E-state index contributed by atoms with van der Waals surface area (Å²) in [5.41, 5.74) is 0. The molecule has 2 aromatic rings. The number of ether oxygens (including phenoxy) is 2. The molecule has 0 heterocycles. The lowest BCUT2D eigenvalue weighted by Crippen LogP contribution is -1.98. The van der Waals surface area contributed by atoms with Gasteiger partial charge in [0.2, 0.25) is 0 Å². The highest BCUT2D eigenvalue weighted by Gasteiger charge is 1.95. The molecule has 0 atom stereocenters. The van der Waals surface area contributed by atoms with Crippen molar-refractivity contribution in [2.45, 2.75) is 0 Å². The maximum absolute atomic E-state index is 5.33. The van der Waals surface area contributed by atoms with Gasteiger partial charge in [0, 0.05) is 7.11 Å². The quantitative estimate of drug-likeness (QED) is 0.688. The predicted molar refractivity (Wildman–Crippen MR) is 55.3 cm³/mol. The van der Waals surface area contributed by atoms with Crippen LogP contribution >= 0.6 is 0 Å².